The van der Waals surface area contributed by atoms with E-state index in [1.807, 2.05) is 48.5 Å². The van der Waals surface area contributed by atoms with E-state index in [2.05, 4.69) is 60.9 Å². The van der Waals surface area contributed by atoms with Crippen molar-refractivity contribution in [1.82, 2.24) is 4.98 Å². The van der Waals surface area contributed by atoms with Gasteiger partial charge in [-0.3, -0.25) is 4.99 Å². The lowest BCUT2D eigenvalue weighted by molar-refractivity contribution is -0.538. The highest BCUT2D eigenvalue weighted by atomic mass is 15.0. The summed E-state index contributed by atoms with van der Waals surface area (Å²) in [7, 11) is 0. The molecular formula is C28H25N4+. The van der Waals surface area contributed by atoms with Crippen molar-refractivity contribution in [3.05, 3.63) is 102 Å². The molecule has 2 N–H and O–H groups in total. The molecule has 1 aromatic heterocycles. The molecule has 5 aromatic rings. The van der Waals surface area contributed by atoms with Gasteiger partial charge in [-0.05, 0) is 48.7 Å². The number of fused-ring (bicyclic) bond motifs is 2. The summed E-state index contributed by atoms with van der Waals surface area (Å²) in [6.07, 6.45) is 1.03. The third-order valence-electron chi connectivity index (χ3n) is 5.77. The Morgan fingerprint density at radius 1 is 0.844 bits per heavy atom. The van der Waals surface area contributed by atoms with Crippen LogP contribution in [0.2, 0.25) is 0 Å². The maximum Gasteiger partial charge on any atom is 0.239 e. The summed E-state index contributed by atoms with van der Waals surface area (Å²) in [6.45, 7) is 4.22. The summed E-state index contributed by atoms with van der Waals surface area (Å²) in [5.41, 5.74) is 16.0. The van der Waals surface area contributed by atoms with Crippen LogP contribution in [0.4, 0.5) is 11.4 Å². The second kappa shape index (κ2) is 8.23. The van der Waals surface area contributed by atoms with Crippen molar-refractivity contribution in [3.8, 4) is 5.69 Å². The molecule has 4 aromatic carbocycles. The molecule has 4 heteroatoms. The molecular weight excluding hydrogens is 392 g/mol. The van der Waals surface area contributed by atoms with Gasteiger partial charge in [0, 0.05) is 35.7 Å². The average molecular weight is 418 g/mol. The van der Waals surface area contributed by atoms with Crippen LogP contribution >= 0.6 is 0 Å². The Labute approximate surface area is 187 Å². The van der Waals surface area contributed by atoms with E-state index in [9.17, 15) is 0 Å². The van der Waals surface area contributed by atoms with Crippen molar-refractivity contribution in [2.24, 2.45) is 4.99 Å². The van der Waals surface area contributed by atoms with Crippen LogP contribution in [0, 0.1) is 0 Å². The van der Waals surface area contributed by atoms with E-state index in [0.717, 1.165) is 51.1 Å². The number of nitrogens with two attached hydrogens (primary N) is 1. The van der Waals surface area contributed by atoms with Crippen LogP contribution in [0.5, 0.6) is 0 Å². The lowest BCUT2D eigenvalue weighted by Gasteiger charge is -2.07. The molecule has 1 heterocycles. The van der Waals surface area contributed by atoms with E-state index in [-0.39, 0.29) is 0 Å². The van der Waals surface area contributed by atoms with E-state index >= 15 is 0 Å². The van der Waals surface area contributed by atoms with E-state index in [4.69, 9.17) is 15.7 Å². The second-order valence-corrected chi connectivity index (χ2v) is 7.95. The molecule has 0 amide bonds. The summed E-state index contributed by atoms with van der Waals surface area (Å²) in [5.74, 6) is 0. The predicted molar refractivity (Wildman–Crippen MR) is 133 cm³/mol. The Hall–Kier alpha value is -4.05. The molecule has 0 aliphatic rings. The van der Waals surface area contributed by atoms with Gasteiger partial charge in [-0.25, -0.2) is 4.98 Å². The quantitative estimate of drug-likeness (QED) is 0.170. The van der Waals surface area contributed by atoms with Crippen LogP contribution in [-0.2, 0) is 6.42 Å². The van der Waals surface area contributed by atoms with Gasteiger partial charge in [0.25, 0.3) is 0 Å². The van der Waals surface area contributed by atoms with Crippen LogP contribution in [-0.4, -0.2) is 10.7 Å². The molecule has 0 spiro atoms. The lowest BCUT2D eigenvalue weighted by atomic mass is 10.1. The summed E-state index contributed by atoms with van der Waals surface area (Å²) in [6, 6.07) is 30.9. The number of rotatable bonds is 4. The van der Waals surface area contributed by atoms with Crippen molar-refractivity contribution < 1.29 is 4.57 Å². The monoisotopic (exact) mass is 417 g/mol. The number of benzene rings is 4. The Bertz CT molecular complexity index is 1450. The number of hydrogen-bond acceptors (Lipinski definition) is 3. The smallest absolute Gasteiger partial charge is 0.239 e. The van der Waals surface area contributed by atoms with Gasteiger partial charge in [-0.2, -0.15) is 0 Å². The third kappa shape index (κ3) is 3.71. The Kier molecular flexibility index (Phi) is 5.12. The number of nitrogen functional groups attached to an aromatic ring is 1. The van der Waals surface area contributed by atoms with E-state index in [0.29, 0.717) is 5.69 Å². The molecule has 0 aliphatic heterocycles. The summed E-state index contributed by atoms with van der Waals surface area (Å²) in [5, 5.41) is 0. The number of hydrogen-bond donors (Lipinski definition) is 1. The molecule has 0 unspecified atom stereocenters. The molecule has 0 aliphatic carbocycles. The van der Waals surface area contributed by atoms with Crippen LogP contribution in [0.3, 0.4) is 0 Å². The Balaban J connectivity index is 1.71. The fraction of sp³-hybridized carbons (Fsp3) is 0.107. The first kappa shape index (κ1) is 19.9. The van der Waals surface area contributed by atoms with Gasteiger partial charge in [0.1, 0.15) is 11.0 Å². The molecule has 4 nitrogen and oxygen atoms in total. The largest absolute Gasteiger partial charge is 0.399 e. The van der Waals surface area contributed by atoms with Gasteiger partial charge in [-0.1, -0.05) is 49.4 Å². The number of nitrogens with zero attached hydrogens (tertiary/aromatic N) is 3. The van der Waals surface area contributed by atoms with Crippen LogP contribution in [0.25, 0.3) is 27.8 Å². The number of para-hydroxylation sites is 1. The van der Waals surface area contributed by atoms with Crippen molar-refractivity contribution in [1.29, 1.82) is 0 Å². The Morgan fingerprint density at radius 2 is 1.53 bits per heavy atom. The zero-order valence-corrected chi connectivity index (χ0v) is 18.3. The minimum absolute atomic E-state index is 0.712. The molecule has 0 saturated carbocycles. The molecule has 0 atom stereocenters. The SMILES string of the molecule is CCc1ccc(C(C)=Nc2ccc3nc4ccc(N)cc4[n+](-c4ccccc4)c3c2)cc1. The minimum Gasteiger partial charge on any atom is -0.399 e. The molecule has 0 saturated heterocycles. The summed E-state index contributed by atoms with van der Waals surface area (Å²) < 4.78 is 2.21. The molecule has 0 fully saturated rings. The highest BCUT2D eigenvalue weighted by Crippen LogP contribution is 2.24. The first-order valence-electron chi connectivity index (χ1n) is 10.9. The van der Waals surface area contributed by atoms with Gasteiger partial charge < -0.3 is 5.73 Å². The van der Waals surface area contributed by atoms with Crippen LogP contribution in [0.15, 0.2) is 96.0 Å². The van der Waals surface area contributed by atoms with Crippen LogP contribution in [0.1, 0.15) is 25.0 Å². The maximum absolute atomic E-state index is 6.13. The van der Waals surface area contributed by atoms with Gasteiger partial charge >= 0.3 is 0 Å². The van der Waals surface area contributed by atoms with Crippen molar-refractivity contribution >= 4 is 39.2 Å². The first-order chi connectivity index (χ1) is 15.6. The summed E-state index contributed by atoms with van der Waals surface area (Å²) >= 11 is 0. The molecule has 5 rings (SSSR count). The Morgan fingerprint density at radius 3 is 2.25 bits per heavy atom. The van der Waals surface area contributed by atoms with E-state index < -0.39 is 0 Å². The minimum atomic E-state index is 0.712. The number of aryl methyl sites for hydroxylation is 1. The lowest BCUT2D eigenvalue weighted by Crippen LogP contribution is -2.33. The standard InChI is InChI=1S/C28H24N4/c1-3-20-9-11-21(12-10-20)19(2)30-23-14-16-26-28(18-23)32(24-7-5-4-6-8-24)27-17-22(29)13-15-25(27)31-26/h4-18,29H,3H2,1-2H3/p+1. The van der Waals surface area contributed by atoms with Gasteiger partial charge in [-0.15, -0.1) is 4.57 Å². The fourth-order valence-corrected chi connectivity index (χ4v) is 4.02. The normalized spacial score (nSPS) is 11.9. The number of anilines is 1. The number of aromatic nitrogens is 2. The predicted octanol–water partition coefficient (Wildman–Crippen LogP) is 5.95. The highest BCUT2D eigenvalue weighted by Gasteiger charge is 2.20. The molecule has 32 heavy (non-hydrogen) atoms. The van der Waals surface area contributed by atoms with Gasteiger partial charge in [0.15, 0.2) is 0 Å². The zero-order valence-electron chi connectivity index (χ0n) is 18.3. The fourth-order valence-electron chi connectivity index (χ4n) is 4.02. The maximum atomic E-state index is 6.13. The van der Waals surface area contributed by atoms with Crippen molar-refractivity contribution in [2.75, 3.05) is 5.73 Å². The van der Waals surface area contributed by atoms with Crippen molar-refractivity contribution in [3.63, 3.8) is 0 Å². The molecule has 0 bridgehead atoms. The van der Waals surface area contributed by atoms with E-state index in [1.165, 1.54) is 5.56 Å². The van der Waals surface area contributed by atoms with Crippen LogP contribution < -0.4 is 10.3 Å². The van der Waals surface area contributed by atoms with Gasteiger partial charge in [0.2, 0.25) is 16.7 Å². The second-order valence-electron chi connectivity index (χ2n) is 7.95. The van der Waals surface area contributed by atoms with Crippen molar-refractivity contribution in [2.45, 2.75) is 20.3 Å². The topological polar surface area (TPSA) is 55.1 Å². The average Bonchev–Trinajstić information content (AvgIpc) is 2.83. The van der Waals surface area contributed by atoms with Gasteiger partial charge in [0.05, 0.1) is 5.69 Å². The zero-order chi connectivity index (χ0) is 22.1. The van der Waals surface area contributed by atoms with E-state index in [1.54, 1.807) is 0 Å². The molecule has 156 valence electrons. The highest BCUT2D eigenvalue weighted by molar-refractivity contribution is 6.00. The first-order valence-corrected chi connectivity index (χ1v) is 10.9. The molecule has 0 radical (unpaired) electrons. The number of aliphatic imine (C=N–C) groups is 1. The third-order valence-corrected chi connectivity index (χ3v) is 5.77. The summed E-state index contributed by atoms with van der Waals surface area (Å²) in [4.78, 5) is 9.80.